The molecule has 1 unspecified atom stereocenters. The lowest BCUT2D eigenvalue weighted by Gasteiger charge is -2.43. The van der Waals surface area contributed by atoms with Crippen LogP contribution in [0.3, 0.4) is 0 Å². The number of para-hydroxylation sites is 2. The van der Waals surface area contributed by atoms with Crippen LogP contribution < -0.4 is 5.43 Å². The fourth-order valence-corrected chi connectivity index (χ4v) is 3.92. The number of nitrogens with zero attached hydrogens (tertiary/aromatic N) is 3. The highest BCUT2D eigenvalue weighted by Crippen LogP contribution is 2.40. The Morgan fingerprint density at radius 3 is 3.00 bits per heavy atom. The summed E-state index contributed by atoms with van der Waals surface area (Å²) in [6.45, 7) is 1.69. The number of rotatable bonds is 1. The molecule has 2 amide bonds. The second kappa shape index (κ2) is 5.72. The monoisotopic (exact) mass is 310 g/mol. The maximum atomic E-state index is 12.7. The Hall–Kier alpha value is -2.30. The van der Waals surface area contributed by atoms with Crippen molar-refractivity contribution < 1.29 is 4.79 Å². The van der Waals surface area contributed by atoms with Crippen LogP contribution in [-0.4, -0.2) is 33.7 Å². The molecule has 2 heterocycles. The number of imidazole rings is 1. The van der Waals surface area contributed by atoms with E-state index in [4.69, 9.17) is 0 Å². The number of aromatic nitrogens is 2. The molecular weight excluding hydrogens is 288 g/mol. The molecule has 0 bridgehead atoms. The first-order chi connectivity index (χ1) is 11.3. The number of carbonyl (C=O) groups excluding carboxylic acids is 1. The first-order valence-corrected chi connectivity index (χ1v) is 8.39. The van der Waals surface area contributed by atoms with Gasteiger partial charge >= 0.3 is 6.03 Å². The lowest BCUT2D eigenvalue weighted by atomic mass is 9.71. The Kier molecular flexibility index (Phi) is 3.56. The largest absolute Gasteiger partial charge is 0.336 e. The molecule has 1 aromatic carbocycles. The van der Waals surface area contributed by atoms with Crippen LogP contribution in [0.25, 0.3) is 11.0 Å². The van der Waals surface area contributed by atoms with E-state index in [1.54, 1.807) is 11.0 Å². The minimum Gasteiger partial charge on any atom is -0.323 e. The van der Waals surface area contributed by atoms with Gasteiger partial charge in [0.25, 0.3) is 0 Å². The van der Waals surface area contributed by atoms with Crippen LogP contribution in [0.5, 0.6) is 0 Å². The summed E-state index contributed by atoms with van der Waals surface area (Å²) in [5.41, 5.74) is 5.09. The summed E-state index contributed by atoms with van der Waals surface area (Å²) in [6, 6.07) is 7.79. The Morgan fingerprint density at radius 1 is 1.22 bits per heavy atom. The van der Waals surface area contributed by atoms with Gasteiger partial charge in [0.2, 0.25) is 0 Å². The number of amides is 2. The summed E-state index contributed by atoms with van der Waals surface area (Å²) in [5, 5.41) is 0. The fraction of sp³-hybridized carbons (Fsp3) is 0.444. The predicted molar refractivity (Wildman–Crippen MR) is 90.7 cm³/mol. The Labute approximate surface area is 136 Å². The van der Waals surface area contributed by atoms with Crippen LogP contribution in [0.1, 0.15) is 32.1 Å². The highest BCUT2D eigenvalue weighted by molar-refractivity contribution is 5.85. The van der Waals surface area contributed by atoms with E-state index >= 15 is 0 Å². The van der Waals surface area contributed by atoms with Crippen molar-refractivity contribution in [3.05, 3.63) is 42.7 Å². The van der Waals surface area contributed by atoms with Crippen molar-refractivity contribution in [1.29, 1.82) is 0 Å². The number of likely N-dealkylation sites (tertiary alicyclic amines) is 1. The van der Waals surface area contributed by atoms with E-state index in [0.29, 0.717) is 5.41 Å². The molecule has 0 saturated carbocycles. The number of fused-ring (bicyclic) bond motifs is 1. The van der Waals surface area contributed by atoms with Gasteiger partial charge in [-0.3, -0.25) is 0 Å². The SMILES string of the molecule is O=C(Nn1cnc2ccccc21)N1CCCC2(CC=CCC2)C1. The van der Waals surface area contributed by atoms with Gasteiger partial charge in [0.15, 0.2) is 0 Å². The van der Waals surface area contributed by atoms with Crippen molar-refractivity contribution in [1.82, 2.24) is 14.6 Å². The van der Waals surface area contributed by atoms with Crippen molar-refractivity contribution in [3.63, 3.8) is 0 Å². The first kappa shape index (κ1) is 14.3. The van der Waals surface area contributed by atoms with Gasteiger partial charge in [-0.2, -0.15) is 0 Å². The van der Waals surface area contributed by atoms with Crippen molar-refractivity contribution >= 4 is 17.1 Å². The van der Waals surface area contributed by atoms with Crippen LogP contribution in [0.4, 0.5) is 4.79 Å². The van der Waals surface area contributed by atoms with Crippen molar-refractivity contribution in [2.45, 2.75) is 32.1 Å². The second-order valence-corrected chi connectivity index (χ2v) is 6.76. The number of piperidine rings is 1. The molecular formula is C18H22N4O. The molecule has 2 aliphatic rings. The van der Waals surface area contributed by atoms with Crippen LogP contribution in [0, 0.1) is 5.41 Å². The van der Waals surface area contributed by atoms with E-state index in [9.17, 15) is 4.79 Å². The molecule has 2 aromatic rings. The Bertz CT molecular complexity index is 750. The van der Waals surface area contributed by atoms with Crippen LogP contribution in [0.15, 0.2) is 42.7 Å². The number of carbonyl (C=O) groups is 1. The third kappa shape index (κ3) is 2.71. The highest BCUT2D eigenvalue weighted by Gasteiger charge is 2.36. The van der Waals surface area contributed by atoms with Crippen LogP contribution >= 0.6 is 0 Å². The van der Waals surface area contributed by atoms with Gasteiger partial charge in [-0.15, -0.1) is 0 Å². The molecule has 1 fully saturated rings. The Balaban J connectivity index is 1.49. The topological polar surface area (TPSA) is 50.2 Å². The smallest absolute Gasteiger partial charge is 0.323 e. The predicted octanol–water partition coefficient (Wildman–Crippen LogP) is 3.52. The van der Waals surface area contributed by atoms with Gasteiger partial charge in [-0.25, -0.2) is 19.9 Å². The highest BCUT2D eigenvalue weighted by atomic mass is 16.2. The van der Waals surface area contributed by atoms with E-state index in [1.165, 1.54) is 12.8 Å². The van der Waals surface area contributed by atoms with Gasteiger partial charge in [-0.05, 0) is 49.7 Å². The van der Waals surface area contributed by atoms with E-state index < -0.39 is 0 Å². The van der Waals surface area contributed by atoms with E-state index in [2.05, 4.69) is 22.6 Å². The summed E-state index contributed by atoms with van der Waals surface area (Å²) >= 11 is 0. The molecule has 1 aromatic heterocycles. The molecule has 1 saturated heterocycles. The summed E-state index contributed by atoms with van der Waals surface area (Å²) in [5.74, 6) is 0. The van der Waals surface area contributed by atoms with E-state index in [-0.39, 0.29) is 6.03 Å². The third-order valence-electron chi connectivity index (χ3n) is 5.18. The molecule has 4 rings (SSSR count). The third-order valence-corrected chi connectivity index (χ3v) is 5.18. The lowest BCUT2D eigenvalue weighted by Crippen LogP contribution is -2.49. The molecule has 1 aliphatic carbocycles. The number of hydrogen-bond acceptors (Lipinski definition) is 2. The summed E-state index contributed by atoms with van der Waals surface area (Å²) in [4.78, 5) is 19.0. The van der Waals surface area contributed by atoms with Crippen LogP contribution in [0.2, 0.25) is 0 Å². The zero-order valence-corrected chi connectivity index (χ0v) is 13.2. The average molecular weight is 310 g/mol. The number of nitrogens with one attached hydrogen (secondary N) is 1. The average Bonchev–Trinajstić information content (AvgIpc) is 2.99. The molecule has 5 nitrogen and oxygen atoms in total. The quantitative estimate of drug-likeness (QED) is 0.819. The zero-order chi connectivity index (χ0) is 15.7. The molecule has 0 radical (unpaired) electrons. The number of allylic oxidation sites excluding steroid dienone is 2. The molecule has 120 valence electrons. The van der Waals surface area contributed by atoms with Crippen molar-refractivity contribution in [2.24, 2.45) is 5.41 Å². The van der Waals surface area contributed by atoms with Gasteiger partial charge in [-0.1, -0.05) is 24.3 Å². The summed E-state index contributed by atoms with van der Waals surface area (Å²) in [7, 11) is 0. The molecule has 1 spiro atoms. The first-order valence-electron chi connectivity index (χ1n) is 8.39. The Morgan fingerprint density at radius 2 is 2.13 bits per heavy atom. The van der Waals surface area contributed by atoms with E-state index in [0.717, 1.165) is 43.4 Å². The fourth-order valence-electron chi connectivity index (χ4n) is 3.92. The number of urea groups is 1. The number of benzene rings is 1. The van der Waals surface area contributed by atoms with Crippen molar-refractivity contribution in [3.8, 4) is 0 Å². The molecule has 1 atom stereocenters. The molecule has 1 N–H and O–H groups in total. The standard InChI is InChI=1S/C18H22N4O/c23-17(20-22-14-19-15-7-2-3-8-16(15)22)21-12-6-11-18(13-21)9-4-1-5-10-18/h1-4,7-8,14H,5-6,9-13H2,(H,20,23). The van der Waals surface area contributed by atoms with E-state index in [1.807, 2.05) is 29.2 Å². The van der Waals surface area contributed by atoms with Gasteiger partial charge in [0.1, 0.15) is 6.33 Å². The summed E-state index contributed by atoms with van der Waals surface area (Å²) in [6.07, 6.45) is 12.0. The van der Waals surface area contributed by atoms with Gasteiger partial charge in [0, 0.05) is 13.1 Å². The van der Waals surface area contributed by atoms with Crippen LogP contribution in [-0.2, 0) is 0 Å². The maximum absolute atomic E-state index is 12.7. The molecule has 1 aliphatic heterocycles. The second-order valence-electron chi connectivity index (χ2n) is 6.76. The van der Waals surface area contributed by atoms with Crippen molar-refractivity contribution in [2.75, 3.05) is 18.5 Å². The lowest BCUT2D eigenvalue weighted by molar-refractivity contribution is 0.101. The minimum atomic E-state index is -0.0261. The normalized spacial score (nSPS) is 24.3. The maximum Gasteiger partial charge on any atom is 0.336 e. The minimum absolute atomic E-state index is 0.0261. The van der Waals surface area contributed by atoms with Gasteiger partial charge < -0.3 is 4.90 Å². The molecule has 23 heavy (non-hydrogen) atoms. The van der Waals surface area contributed by atoms with Gasteiger partial charge in [0.05, 0.1) is 11.0 Å². The number of hydrogen-bond donors (Lipinski definition) is 1. The molecule has 5 heteroatoms. The summed E-state index contributed by atoms with van der Waals surface area (Å²) < 4.78 is 1.72. The zero-order valence-electron chi connectivity index (χ0n) is 13.2.